The minimum absolute atomic E-state index is 0.0523. The van der Waals surface area contributed by atoms with Crippen LogP contribution in [-0.4, -0.2) is 31.5 Å². The number of fused-ring (bicyclic) bond motifs is 1. The van der Waals surface area contributed by atoms with Gasteiger partial charge >= 0.3 is 0 Å². The van der Waals surface area contributed by atoms with Crippen LogP contribution in [0.15, 0.2) is 36.4 Å². The van der Waals surface area contributed by atoms with Crippen molar-refractivity contribution in [2.75, 3.05) is 30.8 Å². The fourth-order valence-electron chi connectivity index (χ4n) is 2.63. The molecule has 1 aliphatic heterocycles. The van der Waals surface area contributed by atoms with Crippen molar-refractivity contribution in [2.45, 2.75) is 6.92 Å². The number of hydrogen-bond acceptors (Lipinski definition) is 7. The van der Waals surface area contributed by atoms with Crippen LogP contribution >= 0.6 is 0 Å². The molecule has 4 N–H and O–H groups in total. The van der Waals surface area contributed by atoms with Crippen LogP contribution in [0.3, 0.4) is 0 Å². The molecule has 0 spiro atoms. The number of rotatable bonds is 6. The molecule has 1 aliphatic rings. The molecule has 0 aromatic heterocycles. The second-order valence-electron chi connectivity index (χ2n) is 5.76. The molecule has 2 aromatic carbocycles. The molecule has 0 atom stereocenters. The molecule has 0 radical (unpaired) electrons. The number of nitrogens with one attached hydrogen (secondary N) is 1. The van der Waals surface area contributed by atoms with E-state index < -0.39 is 0 Å². The summed E-state index contributed by atoms with van der Waals surface area (Å²) in [6.45, 7) is 2.39. The number of hydrogen-bond donors (Lipinski definition) is 3. The van der Waals surface area contributed by atoms with Crippen LogP contribution in [-0.2, 0) is 4.79 Å². The number of anilines is 2. The van der Waals surface area contributed by atoms with Gasteiger partial charge in [-0.25, -0.2) is 0 Å². The van der Waals surface area contributed by atoms with E-state index in [0.717, 1.165) is 5.56 Å². The van der Waals surface area contributed by atoms with Gasteiger partial charge in [-0.1, -0.05) is 6.07 Å². The van der Waals surface area contributed by atoms with Crippen LogP contribution < -0.4 is 30.4 Å². The summed E-state index contributed by atoms with van der Waals surface area (Å²) in [6, 6.07) is 8.24. The van der Waals surface area contributed by atoms with E-state index >= 15 is 0 Å². The van der Waals surface area contributed by atoms with Gasteiger partial charge < -0.3 is 29.6 Å². The minimum atomic E-state index is -0.267. The molecule has 27 heavy (non-hydrogen) atoms. The Kier molecular flexibility index (Phi) is 5.37. The number of likely N-dealkylation sites (N-methyl/N-ethyl adjacent to an activating group) is 1. The van der Waals surface area contributed by atoms with E-state index in [1.54, 1.807) is 37.4 Å². The maximum absolute atomic E-state index is 12.6. The summed E-state index contributed by atoms with van der Waals surface area (Å²) in [4.78, 5) is 14.0. The summed E-state index contributed by atoms with van der Waals surface area (Å²) in [7, 11) is 1.63. The van der Waals surface area contributed by atoms with E-state index in [1.165, 1.54) is 17.0 Å². The Balaban J connectivity index is 1.80. The average Bonchev–Trinajstić information content (AvgIpc) is 3.14. The molecule has 8 nitrogen and oxygen atoms in total. The van der Waals surface area contributed by atoms with Crippen molar-refractivity contribution in [3.8, 4) is 23.0 Å². The molecule has 2 aromatic rings. The maximum Gasteiger partial charge on any atom is 0.250 e. The number of phenolic OH excluding ortho intramolecular Hbond substituents is 1. The molecule has 0 bridgehead atoms. The highest BCUT2D eigenvalue weighted by Gasteiger charge is 2.20. The highest BCUT2D eigenvalue weighted by atomic mass is 16.7. The summed E-state index contributed by atoms with van der Waals surface area (Å²) in [5.41, 5.74) is 4.37. The Hall–Kier alpha value is -3.39. The lowest BCUT2D eigenvalue weighted by Crippen LogP contribution is -2.25. The van der Waals surface area contributed by atoms with Crippen LogP contribution in [0.2, 0.25) is 0 Å². The molecule has 0 fully saturated rings. The Morgan fingerprint density at radius 2 is 2.07 bits per heavy atom. The summed E-state index contributed by atoms with van der Waals surface area (Å²) >= 11 is 0. The van der Waals surface area contributed by atoms with Gasteiger partial charge in [0.25, 0.3) is 5.91 Å². The Labute approximate surface area is 156 Å². The lowest BCUT2D eigenvalue weighted by atomic mass is 10.1. The zero-order chi connectivity index (χ0) is 19.4. The molecule has 1 amide bonds. The highest BCUT2D eigenvalue weighted by Crippen LogP contribution is 2.40. The van der Waals surface area contributed by atoms with Crippen LogP contribution in [0.4, 0.5) is 11.4 Å². The second kappa shape index (κ2) is 7.88. The minimum Gasteiger partial charge on any atom is -0.504 e. The summed E-state index contributed by atoms with van der Waals surface area (Å²) in [5, 5.41) is 9.75. The molecule has 8 heteroatoms. The van der Waals surface area contributed by atoms with Crippen molar-refractivity contribution in [3.05, 3.63) is 42.0 Å². The summed E-state index contributed by atoms with van der Waals surface area (Å²) in [6.07, 6.45) is 3.07. The third kappa shape index (κ3) is 3.90. The third-order valence-corrected chi connectivity index (χ3v) is 4.04. The number of carbonyl (C=O) groups is 1. The quantitative estimate of drug-likeness (QED) is 0.407. The van der Waals surface area contributed by atoms with Crippen LogP contribution in [0.1, 0.15) is 12.5 Å². The van der Waals surface area contributed by atoms with Gasteiger partial charge in [-0.05, 0) is 30.7 Å². The first kappa shape index (κ1) is 18.4. The first-order valence-corrected chi connectivity index (χ1v) is 8.35. The number of nitrogen functional groups attached to an aromatic ring is 1. The SMILES string of the molecule is CCOc1cc(/C=C/C(=O)N(C)c2cc3c(cc2NN)OCO3)ccc1O. The molecule has 142 valence electrons. The Bertz CT molecular complexity index is 882. The monoisotopic (exact) mass is 371 g/mol. The predicted molar refractivity (Wildman–Crippen MR) is 102 cm³/mol. The number of phenols is 1. The zero-order valence-electron chi connectivity index (χ0n) is 15.1. The summed E-state index contributed by atoms with van der Waals surface area (Å²) < 4.78 is 16.0. The van der Waals surface area contributed by atoms with Gasteiger partial charge in [-0.2, -0.15) is 0 Å². The molecule has 3 rings (SSSR count). The number of nitrogens with two attached hydrogens (primary N) is 1. The van der Waals surface area contributed by atoms with Crippen molar-refractivity contribution in [1.82, 2.24) is 0 Å². The Morgan fingerprint density at radius 1 is 1.33 bits per heavy atom. The fraction of sp³-hybridized carbons (Fsp3) is 0.211. The number of aromatic hydroxyl groups is 1. The second-order valence-corrected chi connectivity index (χ2v) is 5.76. The average molecular weight is 371 g/mol. The van der Waals surface area contributed by atoms with Crippen molar-refractivity contribution < 1.29 is 24.1 Å². The lowest BCUT2D eigenvalue weighted by molar-refractivity contribution is -0.113. The first-order valence-electron chi connectivity index (χ1n) is 8.35. The first-order chi connectivity index (χ1) is 13.0. The van der Waals surface area contributed by atoms with Gasteiger partial charge in [-0.3, -0.25) is 10.6 Å². The van der Waals surface area contributed by atoms with Gasteiger partial charge in [0.15, 0.2) is 23.0 Å². The molecule has 0 unspecified atom stereocenters. The van der Waals surface area contributed by atoms with Crippen molar-refractivity contribution in [2.24, 2.45) is 5.84 Å². The standard InChI is InChI=1S/C19H21N3O5/c1-3-25-16-8-12(4-6-15(16)23)5-7-19(24)22(2)14-10-18-17(26-11-27-18)9-13(14)21-20/h4-10,21,23H,3,11,20H2,1-2H3/b7-5+. The lowest BCUT2D eigenvalue weighted by Gasteiger charge is -2.19. The van der Waals surface area contributed by atoms with Gasteiger partial charge in [0, 0.05) is 25.3 Å². The van der Waals surface area contributed by atoms with E-state index in [1.807, 2.05) is 6.92 Å². The molecular weight excluding hydrogens is 350 g/mol. The molecular formula is C19H21N3O5. The predicted octanol–water partition coefficient (Wildman–Crippen LogP) is 2.48. The van der Waals surface area contributed by atoms with Gasteiger partial charge in [0.2, 0.25) is 6.79 Å². The van der Waals surface area contributed by atoms with Crippen LogP contribution in [0.25, 0.3) is 6.08 Å². The number of amides is 1. The highest BCUT2D eigenvalue weighted by molar-refractivity contribution is 6.05. The maximum atomic E-state index is 12.6. The largest absolute Gasteiger partial charge is 0.504 e. The van der Waals surface area contributed by atoms with E-state index in [-0.39, 0.29) is 18.4 Å². The number of ether oxygens (including phenoxy) is 3. The van der Waals surface area contributed by atoms with Gasteiger partial charge in [-0.15, -0.1) is 0 Å². The van der Waals surface area contributed by atoms with E-state index in [0.29, 0.717) is 35.2 Å². The number of hydrazine groups is 1. The van der Waals surface area contributed by atoms with Crippen LogP contribution in [0.5, 0.6) is 23.0 Å². The van der Waals surface area contributed by atoms with Crippen molar-refractivity contribution in [3.63, 3.8) is 0 Å². The topological polar surface area (TPSA) is 106 Å². The zero-order valence-corrected chi connectivity index (χ0v) is 15.1. The van der Waals surface area contributed by atoms with E-state index in [2.05, 4.69) is 5.43 Å². The van der Waals surface area contributed by atoms with Gasteiger partial charge in [0.1, 0.15) is 0 Å². The Morgan fingerprint density at radius 3 is 2.78 bits per heavy atom. The molecule has 0 saturated carbocycles. The molecule has 1 heterocycles. The summed E-state index contributed by atoms with van der Waals surface area (Å²) in [5.74, 6) is 6.83. The van der Waals surface area contributed by atoms with Crippen molar-refractivity contribution in [1.29, 1.82) is 0 Å². The van der Waals surface area contributed by atoms with Crippen LogP contribution in [0, 0.1) is 0 Å². The number of nitrogens with zero attached hydrogens (tertiary/aromatic N) is 1. The fourth-order valence-corrected chi connectivity index (χ4v) is 2.63. The third-order valence-electron chi connectivity index (χ3n) is 4.04. The molecule has 0 saturated heterocycles. The number of benzene rings is 2. The van der Waals surface area contributed by atoms with E-state index in [4.69, 9.17) is 20.1 Å². The smallest absolute Gasteiger partial charge is 0.250 e. The van der Waals surface area contributed by atoms with E-state index in [9.17, 15) is 9.90 Å². The van der Waals surface area contributed by atoms with Gasteiger partial charge in [0.05, 0.1) is 18.0 Å². The normalized spacial score (nSPS) is 12.3. The van der Waals surface area contributed by atoms with Crippen molar-refractivity contribution >= 4 is 23.4 Å². The molecule has 0 aliphatic carbocycles. The number of carbonyl (C=O) groups excluding carboxylic acids is 1.